The van der Waals surface area contributed by atoms with Crippen molar-refractivity contribution >= 4 is 44.7 Å². The van der Waals surface area contributed by atoms with Gasteiger partial charge in [0.15, 0.2) is 0 Å². The average Bonchev–Trinajstić information content (AvgIpc) is 3.08. The lowest BCUT2D eigenvalue weighted by Gasteiger charge is -2.25. The van der Waals surface area contributed by atoms with Crippen LogP contribution in [0.4, 0.5) is 11.4 Å². The SMILES string of the molecule is COc1ccc2c(c1)C(C(=O)Nc1ccc3scnc3c1)CC(=O)N2. The van der Waals surface area contributed by atoms with Crippen molar-refractivity contribution in [2.45, 2.75) is 12.3 Å². The van der Waals surface area contributed by atoms with E-state index in [1.165, 1.54) is 0 Å². The van der Waals surface area contributed by atoms with Crippen LogP contribution < -0.4 is 15.4 Å². The van der Waals surface area contributed by atoms with Crippen LogP contribution in [0.5, 0.6) is 5.75 Å². The van der Waals surface area contributed by atoms with Crippen LogP contribution in [0.2, 0.25) is 0 Å². The summed E-state index contributed by atoms with van der Waals surface area (Å²) in [6, 6.07) is 10.9. The fourth-order valence-electron chi connectivity index (χ4n) is 2.97. The summed E-state index contributed by atoms with van der Waals surface area (Å²) in [5, 5.41) is 5.69. The summed E-state index contributed by atoms with van der Waals surface area (Å²) >= 11 is 1.55. The molecule has 0 saturated carbocycles. The number of anilines is 2. The first-order valence-electron chi connectivity index (χ1n) is 7.76. The van der Waals surface area contributed by atoms with Crippen LogP contribution >= 0.6 is 11.3 Å². The molecule has 1 unspecified atom stereocenters. The van der Waals surface area contributed by atoms with Gasteiger partial charge in [-0.1, -0.05) is 0 Å². The van der Waals surface area contributed by atoms with Crippen molar-refractivity contribution in [1.82, 2.24) is 4.98 Å². The molecule has 1 aliphatic rings. The zero-order valence-corrected chi connectivity index (χ0v) is 14.2. The first-order chi connectivity index (χ1) is 12.1. The Morgan fingerprint density at radius 3 is 3.04 bits per heavy atom. The molecule has 0 spiro atoms. The summed E-state index contributed by atoms with van der Waals surface area (Å²) < 4.78 is 6.30. The van der Waals surface area contributed by atoms with E-state index in [0.717, 1.165) is 15.8 Å². The molecule has 2 heterocycles. The number of nitrogens with one attached hydrogen (secondary N) is 2. The number of benzene rings is 2. The zero-order chi connectivity index (χ0) is 17.4. The number of aromatic nitrogens is 1. The summed E-state index contributed by atoms with van der Waals surface area (Å²) in [4.78, 5) is 29.0. The van der Waals surface area contributed by atoms with Crippen LogP contribution in [0.15, 0.2) is 41.9 Å². The van der Waals surface area contributed by atoms with Crippen LogP contribution in [0, 0.1) is 0 Å². The molecule has 0 bridgehead atoms. The molecule has 126 valence electrons. The number of nitrogens with zero attached hydrogens (tertiary/aromatic N) is 1. The van der Waals surface area contributed by atoms with Gasteiger partial charge in [0.05, 0.1) is 28.8 Å². The molecule has 0 fully saturated rings. The van der Waals surface area contributed by atoms with Crippen LogP contribution in [0.1, 0.15) is 17.9 Å². The fraction of sp³-hybridized carbons (Fsp3) is 0.167. The highest BCUT2D eigenvalue weighted by Crippen LogP contribution is 2.35. The lowest BCUT2D eigenvalue weighted by atomic mass is 9.89. The molecule has 25 heavy (non-hydrogen) atoms. The predicted octanol–water partition coefficient (Wildman–Crippen LogP) is 3.37. The Hall–Kier alpha value is -2.93. The molecule has 1 aliphatic heterocycles. The monoisotopic (exact) mass is 353 g/mol. The van der Waals surface area contributed by atoms with Gasteiger partial charge >= 0.3 is 0 Å². The Morgan fingerprint density at radius 1 is 1.32 bits per heavy atom. The molecular weight excluding hydrogens is 338 g/mol. The number of thiazole rings is 1. The minimum atomic E-state index is -0.565. The molecule has 0 saturated heterocycles. The van der Waals surface area contributed by atoms with Crippen molar-refractivity contribution in [3.8, 4) is 5.75 Å². The first-order valence-corrected chi connectivity index (χ1v) is 8.64. The first kappa shape index (κ1) is 15.6. The molecule has 4 rings (SSSR count). The lowest BCUT2D eigenvalue weighted by molar-refractivity contribution is -0.123. The molecule has 2 N–H and O–H groups in total. The van der Waals surface area contributed by atoms with E-state index in [1.807, 2.05) is 18.2 Å². The van der Waals surface area contributed by atoms with E-state index in [4.69, 9.17) is 4.74 Å². The Labute approximate surface area is 147 Å². The third-order valence-electron chi connectivity index (χ3n) is 4.21. The minimum Gasteiger partial charge on any atom is -0.497 e. The van der Waals surface area contributed by atoms with E-state index in [1.54, 1.807) is 42.2 Å². The van der Waals surface area contributed by atoms with Gasteiger partial charge in [-0.2, -0.15) is 0 Å². The highest BCUT2D eigenvalue weighted by molar-refractivity contribution is 7.16. The number of ether oxygens (including phenoxy) is 1. The van der Waals surface area contributed by atoms with Gasteiger partial charge in [-0.25, -0.2) is 4.98 Å². The van der Waals surface area contributed by atoms with Crippen LogP contribution in [-0.4, -0.2) is 23.9 Å². The number of carbonyl (C=O) groups excluding carboxylic acids is 2. The molecule has 2 amide bonds. The van der Waals surface area contributed by atoms with Crippen LogP contribution in [0.25, 0.3) is 10.2 Å². The number of amides is 2. The third kappa shape index (κ3) is 2.94. The second-order valence-electron chi connectivity index (χ2n) is 5.78. The van der Waals surface area contributed by atoms with Gasteiger partial charge in [-0.3, -0.25) is 9.59 Å². The molecule has 1 atom stereocenters. The number of carbonyl (C=O) groups is 2. The summed E-state index contributed by atoms with van der Waals surface area (Å²) in [5.74, 6) is -0.312. The molecule has 6 nitrogen and oxygen atoms in total. The van der Waals surface area contributed by atoms with Gasteiger partial charge in [0, 0.05) is 17.8 Å². The van der Waals surface area contributed by atoms with Gasteiger partial charge in [0.25, 0.3) is 0 Å². The normalized spacial score (nSPS) is 16.2. The molecule has 7 heteroatoms. The summed E-state index contributed by atoms with van der Waals surface area (Å²) in [5.41, 5.74) is 4.67. The third-order valence-corrected chi connectivity index (χ3v) is 5.02. The standard InChI is InChI=1S/C18H15N3O3S/c1-24-11-3-4-14-12(7-11)13(8-17(22)21-14)18(23)20-10-2-5-16-15(6-10)19-9-25-16/h2-7,9,13H,8H2,1H3,(H,20,23)(H,21,22). The molecule has 0 aliphatic carbocycles. The van der Waals surface area contributed by atoms with Gasteiger partial charge in [0.2, 0.25) is 11.8 Å². The average molecular weight is 353 g/mol. The number of hydrogen-bond acceptors (Lipinski definition) is 5. The summed E-state index contributed by atoms with van der Waals surface area (Å²) in [6.45, 7) is 0. The number of hydrogen-bond donors (Lipinski definition) is 2. The maximum atomic E-state index is 12.8. The fourth-order valence-corrected chi connectivity index (χ4v) is 3.62. The van der Waals surface area contributed by atoms with Crippen molar-refractivity contribution in [2.75, 3.05) is 17.7 Å². The second kappa shape index (κ2) is 6.18. The largest absolute Gasteiger partial charge is 0.497 e. The predicted molar refractivity (Wildman–Crippen MR) is 97.2 cm³/mol. The van der Waals surface area contributed by atoms with Crippen molar-refractivity contribution in [3.63, 3.8) is 0 Å². The Balaban J connectivity index is 1.64. The molecule has 0 radical (unpaired) electrons. The number of fused-ring (bicyclic) bond motifs is 2. The smallest absolute Gasteiger partial charge is 0.232 e. The van der Waals surface area contributed by atoms with Crippen molar-refractivity contribution in [1.29, 1.82) is 0 Å². The van der Waals surface area contributed by atoms with Gasteiger partial charge in [0.1, 0.15) is 5.75 Å². The Kier molecular flexibility index (Phi) is 3.85. The summed E-state index contributed by atoms with van der Waals surface area (Å²) in [7, 11) is 1.57. The Morgan fingerprint density at radius 2 is 2.20 bits per heavy atom. The van der Waals surface area contributed by atoms with Gasteiger partial charge in [-0.15, -0.1) is 11.3 Å². The highest BCUT2D eigenvalue weighted by atomic mass is 32.1. The maximum Gasteiger partial charge on any atom is 0.232 e. The van der Waals surface area contributed by atoms with E-state index in [2.05, 4.69) is 15.6 Å². The maximum absolute atomic E-state index is 12.8. The van der Waals surface area contributed by atoms with E-state index in [9.17, 15) is 9.59 Å². The zero-order valence-electron chi connectivity index (χ0n) is 13.4. The summed E-state index contributed by atoms with van der Waals surface area (Å²) in [6.07, 6.45) is 0.102. The van der Waals surface area contributed by atoms with Crippen molar-refractivity contribution < 1.29 is 14.3 Å². The van der Waals surface area contributed by atoms with Gasteiger partial charge in [-0.05, 0) is 42.0 Å². The molecule has 3 aromatic rings. The molecule has 1 aromatic heterocycles. The molecular formula is C18H15N3O3S. The second-order valence-corrected chi connectivity index (χ2v) is 6.67. The Bertz CT molecular complexity index is 983. The van der Waals surface area contributed by atoms with E-state index in [0.29, 0.717) is 17.1 Å². The van der Waals surface area contributed by atoms with E-state index in [-0.39, 0.29) is 18.2 Å². The molecule has 2 aromatic carbocycles. The van der Waals surface area contributed by atoms with E-state index >= 15 is 0 Å². The lowest BCUT2D eigenvalue weighted by Crippen LogP contribution is -2.30. The van der Waals surface area contributed by atoms with Crippen LogP contribution in [0.3, 0.4) is 0 Å². The quantitative estimate of drug-likeness (QED) is 0.756. The minimum absolute atomic E-state index is 0.102. The van der Waals surface area contributed by atoms with Gasteiger partial charge < -0.3 is 15.4 Å². The van der Waals surface area contributed by atoms with E-state index < -0.39 is 5.92 Å². The van der Waals surface area contributed by atoms with Crippen molar-refractivity contribution in [3.05, 3.63) is 47.5 Å². The topological polar surface area (TPSA) is 80.3 Å². The highest BCUT2D eigenvalue weighted by Gasteiger charge is 2.31. The number of methoxy groups -OCH3 is 1. The van der Waals surface area contributed by atoms with Crippen molar-refractivity contribution in [2.24, 2.45) is 0 Å². The van der Waals surface area contributed by atoms with Crippen LogP contribution in [-0.2, 0) is 9.59 Å². The number of rotatable bonds is 3.